The predicted octanol–water partition coefficient (Wildman–Crippen LogP) is 2.07. The molecule has 1 aromatic rings. The molecule has 0 saturated carbocycles. The van der Waals surface area contributed by atoms with Crippen LogP contribution in [0.1, 0.15) is 29.8 Å². The van der Waals surface area contributed by atoms with E-state index >= 15 is 0 Å². The number of carbonyl (C=O) groups excluding carboxylic acids is 2. The highest BCUT2D eigenvalue weighted by Gasteiger charge is 2.26. The highest BCUT2D eigenvalue weighted by molar-refractivity contribution is 5.98. The number of fused-ring (bicyclic) bond motifs is 1. The number of benzene rings is 1. The molecule has 1 heterocycles. The monoisotopic (exact) mass is 399 g/mol. The summed E-state index contributed by atoms with van der Waals surface area (Å²) >= 11 is 0. The van der Waals surface area contributed by atoms with Crippen molar-refractivity contribution in [1.82, 2.24) is 10.2 Å². The third-order valence-corrected chi connectivity index (χ3v) is 4.13. The smallest absolute Gasteiger partial charge is 0.254 e. The van der Waals surface area contributed by atoms with Crippen LogP contribution in [0.15, 0.2) is 30.1 Å². The molecule has 0 aliphatic carbocycles. The van der Waals surface area contributed by atoms with Gasteiger partial charge in [-0.2, -0.15) is 0 Å². The molecular formula is C19H27ClFN3O3. The van der Waals surface area contributed by atoms with Gasteiger partial charge in [-0.1, -0.05) is 13.8 Å². The molecule has 0 atom stereocenters. The Morgan fingerprint density at radius 3 is 2.81 bits per heavy atom. The lowest BCUT2D eigenvalue weighted by molar-refractivity contribution is -0.122. The molecule has 1 aliphatic heterocycles. The third kappa shape index (κ3) is 6.52. The van der Waals surface area contributed by atoms with Crippen LogP contribution in [-0.2, 0) is 11.2 Å². The Hall–Kier alpha value is -2.12. The minimum atomic E-state index is -0.163. The van der Waals surface area contributed by atoms with Gasteiger partial charge in [-0.05, 0) is 36.1 Å². The molecule has 2 amide bonds. The Bertz CT molecular complexity index is 695. The zero-order chi connectivity index (χ0) is 19.1. The second-order valence-electron chi connectivity index (χ2n) is 6.75. The van der Waals surface area contributed by atoms with Crippen LogP contribution >= 0.6 is 12.4 Å². The zero-order valence-electron chi connectivity index (χ0n) is 15.7. The Kier molecular flexibility index (Phi) is 9.25. The molecule has 0 radical (unpaired) electrons. The minimum absolute atomic E-state index is 0. The van der Waals surface area contributed by atoms with Crippen LogP contribution in [0.4, 0.5) is 4.39 Å². The van der Waals surface area contributed by atoms with E-state index in [2.05, 4.69) is 5.32 Å². The summed E-state index contributed by atoms with van der Waals surface area (Å²) in [5.41, 5.74) is 7.19. The molecule has 8 heteroatoms. The highest BCUT2D eigenvalue weighted by atomic mass is 35.5. The first-order valence-corrected chi connectivity index (χ1v) is 8.74. The summed E-state index contributed by atoms with van der Waals surface area (Å²) in [4.78, 5) is 26.1. The molecule has 2 rings (SSSR count). The number of nitrogens with zero attached hydrogens (tertiary/aromatic N) is 1. The molecule has 3 N–H and O–H groups in total. The van der Waals surface area contributed by atoms with Crippen LogP contribution in [0.5, 0.6) is 5.75 Å². The summed E-state index contributed by atoms with van der Waals surface area (Å²) in [6, 6.07) is 5.15. The van der Waals surface area contributed by atoms with Gasteiger partial charge in [-0.15, -0.1) is 12.4 Å². The Morgan fingerprint density at radius 2 is 2.19 bits per heavy atom. The molecule has 0 saturated heterocycles. The van der Waals surface area contributed by atoms with Crippen molar-refractivity contribution in [1.29, 1.82) is 0 Å². The largest absolute Gasteiger partial charge is 0.489 e. The van der Waals surface area contributed by atoms with Gasteiger partial charge >= 0.3 is 0 Å². The number of hydrogen-bond acceptors (Lipinski definition) is 4. The Balaban J connectivity index is 0.00000364. The number of nitrogens with two attached hydrogens (primary N) is 1. The summed E-state index contributed by atoms with van der Waals surface area (Å²) in [6.07, 6.45) is 1.09. The van der Waals surface area contributed by atoms with Crippen LogP contribution < -0.4 is 15.8 Å². The number of carbonyl (C=O) groups is 2. The zero-order valence-corrected chi connectivity index (χ0v) is 16.5. The van der Waals surface area contributed by atoms with Crippen molar-refractivity contribution in [2.75, 3.05) is 32.8 Å². The van der Waals surface area contributed by atoms with Crippen molar-refractivity contribution in [2.45, 2.75) is 20.3 Å². The van der Waals surface area contributed by atoms with Crippen LogP contribution in [0.3, 0.4) is 0 Å². The van der Waals surface area contributed by atoms with Crippen LogP contribution in [0.25, 0.3) is 0 Å². The summed E-state index contributed by atoms with van der Waals surface area (Å²) < 4.78 is 18.0. The maximum Gasteiger partial charge on any atom is 0.254 e. The average molecular weight is 400 g/mol. The molecule has 0 spiro atoms. The second-order valence-corrected chi connectivity index (χ2v) is 6.75. The van der Waals surface area contributed by atoms with Gasteiger partial charge in [0.05, 0.1) is 12.9 Å². The van der Waals surface area contributed by atoms with Crippen molar-refractivity contribution >= 4 is 24.2 Å². The van der Waals surface area contributed by atoms with Gasteiger partial charge < -0.3 is 20.7 Å². The van der Waals surface area contributed by atoms with E-state index in [-0.39, 0.29) is 43.9 Å². The normalized spacial score (nSPS) is 13.9. The summed E-state index contributed by atoms with van der Waals surface area (Å²) in [6.45, 7) is 5.32. The molecule has 0 aromatic heterocycles. The topological polar surface area (TPSA) is 84.7 Å². The van der Waals surface area contributed by atoms with E-state index in [0.29, 0.717) is 48.6 Å². The molecule has 1 aliphatic rings. The Morgan fingerprint density at radius 1 is 1.44 bits per heavy atom. The molecule has 0 fully saturated rings. The molecule has 27 heavy (non-hydrogen) atoms. The molecular weight excluding hydrogens is 373 g/mol. The first-order valence-electron chi connectivity index (χ1n) is 8.74. The van der Waals surface area contributed by atoms with Crippen LogP contribution in [0, 0.1) is 5.92 Å². The van der Waals surface area contributed by atoms with Gasteiger partial charge in [0.2, 0.25) is 5.91 Å². The van der Waals surface area contributed by atoms with Gasteiger partial charge in [-0.25, -0.2) is 4.39 Å². The number of nitrogens with one attached hydrogen (secondary N) is 1. The summed E-state index contributed by atoms with van der Waals surface area (Å²) in [7, 11) is 0. The molecule has 6 nitrogen and oxygen atoms in total. The van der Waals surface area contributed by atoms with Crippen molar-refractivity contribution in [3.8, 4) is 5.75 Å². The van der Waals surface area contributed by atoms with Crippen molar-refractivity contribution in [2.24, 2.45) is 11.7 Å². The van der Waals surface area contributed by atoms with Crippen LogP contribution in [0.2, 0.25) is 0 Å². The number of halogens is 2. The van der Waals surface area contributed by atoms with Gasteiger partial charge in [0.25, 0.3) is 5.91 Å². The van der Waals surface area contributed by atoms with Crippen molar-refractivity contribution < 1.29 is 18.7 Å². The number of rotatable bonds is 8. The fourth-order valence-electron chi connectivity index (χ4n) is 2.61. The number of hydrogen-bond donors (Lipinski definition) is 2. The van der Waals surface area contributed by atoms with Gasteiger partial charge in [0, 0.05) is 30.8 Å². The molecule has 0 bridgehead atoms. The van der Waals surface area contributed by atoms with E-state index < -0.39 is 0 Å². The maximum absolute atomic E-state index is 12.6. The Labute approximate surface area is 165 Å². The van der Waals surface area contributed by atoms with E-state index in [0.717, 1.165) is 5.56 Å². The first-order chi connectivity index (χ1) is 12.4. The lowest BCUT2D eigenvalue weighted by atomic mass is 9.98. The lowest BCUT2D eigenvalue weighted by Gasteiger charge is -2.28. The van der Waals surface area contributed by atoms with E-state index in [1.54, 1.807) is 23.1 Å². The summed E-state index contributed by atoms with van der Waals surface area (Å²) in [5.74, 6) is 0.612. The van der Waals surface area contributed by atoms with Crippen molar-refractivity contribution in [3.05, 3.63) is 41.2 Å². The fourth-order valence-corrected chi connectivity index (χ4v) is 2.61. The number of amides is 2. The standard InChI is InChI=1S/C19H26FN3O3.ClH/c1-13(2)10-22-18(24)11-23-6-5-15-7-16(3-4-17(15)19(23)25)26-12-14(8-20)9-21;/h3-4,7-8,13H,5-6,9-12,21H2,1-2H3,(H,22,24);1H/b14-8+;. The van der Waals surface area contributed by atoms with Gasteiger partial charge in [0.1, 0.15) is 12.4 Å². The first kappa shape index (κ1) is 22.9. The molecule has 1 aromatic carbocycles. The van der Waals surface area contributed by atoms with Crippen LogP contribution in [-0.4, -0.2) is 49.5 Å². The quantitative estimate of drug-likeness (QED) is 0.700. The van der Waals surface area contributed by atoms with Gasteiger partial charge in [-0.3, -0.25) is 9.59 Å². The molecule has 150 valence electrons. The lowest BCUT2D eigenvalue weighted by Crippen LogP contribution is -2.44. The molecule has 0 unspecified atom stereocenters. The van der Waals surface area contributed by atoms with Gasteiger partial charge in [0.15, 0.2) is 0 Å². The SMILES string of the molecule is CC(C)CNC(=O)CN1CCc2cc(OC/C(=C/F)CN)ccc2C1=O.Cl. The van der Waals surface area contributed by atoms with E-state index in [1.807, 2.05) is 13.8 Å². The maximum atomic E-state index is 12.6. The van der Waals surface area contributed by atoms with E-state index in [9.17, 15) is 14.0 Å². The fraction of sp³-hybridized carbons (Fsp3) is 0.474. The van der Waals surface area contributed by atoms with E-state index in [1.165, 1.54) is 0 Å². The van der Waals surface area contributed by atoms with Crippen molar-refractivity contribution in [3.63, 3.8) is 0 Å². The average Bonchev–Trinajstić information content (AvgIpc) is 2.63. The van der Waals surface area contributed by atoms with E-state index in [4.69, 9.17) is 10.5 Å². The number of ether oxygens (including phenoxy) is 1. The minimum Gasteiger partial charge on any atom is -0.489 e. The second kappa shape index (κ2) is 10.9. The highest BCUT2D eigenvalue weighted by Crippen LogP contribution is 2.24. The summed E-state index contributed by atoms with van der Waals surface area (Å²) in [5, 5.41) is 2.82. The third-order valence-electron chi connectivity index (χ3n) is 4.13. The predicted molar refractivity (Wildman–Crippen MR) is 105 cm³/mol.